The average Bonchev–Trinajstić information content (AvgIpc) is 3.36. The normalized spacial score (nSPS) is 18.2. The third-order valence-corrected chi connectivity index (χ3v) is 5.92. The second kappa shape index (κ2) is 6.78. The van der Waals surface area contributed by atoms with E-state index in [4.69, 9.17) is 11.6 Å². The Labute approximate surface area is 168 Å². The van der Waals surface area contributed by atoms with Crippen molar-refractivity contribution in [1.82, 2.24) is 19.9 Å². The minimum absolute atomic E-state index is 0.201. The Morgan fingerprint density at radius 1 is 1.21 bits per heavy atom. The second-order valence-electron chi connectivity index (χ2n) is 7.73. The minimum Gasteiger partial charge on any atom is -0.356 e. The molecule has 1 aliphatic carbocycles. The molecular weight excluding hydrogens is 374 g/mol. The molecule has 7 heteroatoms. The van der Waals surface area contributed by atoms with Crippen LogP contribution in [0.25, 0.3) is 22.2 Å². The number of halogens is 1. The summed E-state index contributed by atoms with van der Waals surface area (Å²) in [6.45, 7) is 1.72. The number of nitrogens with one attached hydrogen (secondary N) is 2. The van der Waals surface area contributed by atoms with Crippen molar-refractivity contribution in [3.8, 4) is 11.1 Å². The van der Waals surface area contributed by atoms with Crippen LogP contribution in [0.15, 0.2) is 36.7 Å². The van der Waals surface area contributed by atoms with Crippen molar-refractivity contribution in [1.29, 1.82) is 0 Å². The van der Waals surface area contributed by atoms with Crippen molar-refractivity contribution in [3.05, 3.63) is 41.8 Å². The number of aromatic nitrogens is 3. The number of piperidine rings is 1. The molecule has 28 heavy (non-hydrogen) atoms. The monoisotopic (exact) mass is 395 g/mol. The molecule has 0 unspecified atom stereocenters. The molecule has 0 bridgehead atoms. The number of carbonyl (C=O) groups excluding carboxylic acids is 1. The molecule has 3 aromatic heterocycles. The molecule has 2 N–H and O–H groups in total. The van der Waals surface area contributed by atoms with Gasteiger partial charge in [-0.25, -0.2) is 9.97 Å². The molecule has 0 radical (unpaired) electrons. The van der Waals surface area contributed by atoms with Gasteiger partial charge in [0.15, 0.2) is 0 Å². The fraction of sp³-hybridized carbons (Fsp3) is 0.381. The number of amides is 1. The van der Waals surface area contributed by atoms with E-state index in [1.807, 2.05) is 35.4 Å². The van der Waals surface area contributed by atoms with Crippen molar-refractivity contribution < 1.29 is 4.79 Å². The van der Waals surface area contributed by atoms with Crippen LogP contribution in [-0.2, 0) is 4.79 Å². The molecule has 6 nitrogen and oxygen atoms in total. The van der Waals surface area contributed by atoms with Gasteiger partial charge in [0.05, 0.1) is 0 Å². The van der Waals surface area contributed by atoms with Crippen molar-refractivity contribution >= 4 is 34.4 Å². The molecule has 2 fully saturated rings. The molecule has 144 valence electrons. The number of nitrogens with zero attached hydrogens (tertiary/aromatic N) is 3. The first kappa shape index (κ1) is 17.5. The van der Waals surface area contributed by atoms with Crippen molar-refractivity contribution in [2.45, 2.75) is 37.6 Å². The number of fused-ring (bicyclic) bond motifs is 1. The van der Waals surface area contributed by atoms with Crippen molar-refractivity contribution in [3.63, 3.8) is 0 Å². The first-order valence-corrected chi connectivity index (χ1v) is 10.2. The van der Waals surface area contributed by atoms with Crippen LogP contribution in [0.3, 0.4) is 0 Å². The van der Waals surface area contributed by atoms with Gasteiger partial charge in [-0.1, -0.05) is 11.6 Å². The van der Waals surface area contributed by atoms with E-state index in [0.717, 1.165) is 60.9 Å². The molecule has 1 saturated heterocycles. The molecule has 4 heterocycles. The Kier molecular flexibility index (Phi) is 4.23. The van der Waals surface area contributed by atoms with Gasteiger partial charge < -0.3 is 15.2 Å². The number of hydrogen-bond acceptors (Lipinski definition) is 4. The first-order chi connectivity index (χ1) is 13.6. The van der Waals surface area contributed by atoms with Crippen LogP contribution < -0.4 is 5.32 Å². The molecule has 3 aromatic rings. The summed E-state index contributed by atoms with van der Waals surface area (Å²) in [6.07, 6.45) is 8.76. The fourth-order valence-electron chi connectivity index (χ4n) is 4.07. The van der Waals surface area contributed by atoms with Crippen LogP contribution in [0.5, 0.6) is 0 Å². The van der Waals surface area contributed by atoms with Gasteiger partial charge >= 0.3 is 0 Å². The Balaban J connectivity index is 1.44. The zero-order chi connectivity index (χ0) is 19.1. The molecule has 1 amide bonds. The number of hydrogen-bond donors (Lipinski definition) is 2. The van der Waals surface area contributed by atoms with Crippen molar-refractivity contribution in [2.24, 2.45) is 0 Å². The lowest BCUT2D eigenvalue weighted by Gasteiger charge is -2.31. The van der Waals surface area contributed by atoms with Gasteiger partial charge in [-0.15, -0.1) is 0 Å². The molecule has 0 spiro atoms. The van der Waals surface area contributed by atoms with Gasteiger partial charge in [-0.05, 0) is 61.9 Å². The molecular formula is C21H22ClN5O. The highest BCUT2D eigenvalue weighted by Gasteiger charge is 2.52. The van der Waals surface area contributed by atoms with E-state index in [1.54, 1.807) is 6.20 Å². The van der Waals surface area contributed by atoms with Crippen LogP contribution in [-0.4, -0.2) is 44.4 Å². The summed E-state index contributed by atoms with van der Waals surface area (Å²) in [7, 11) is 0. The van der Waals surface area contributed by atoms with E-state index >= 15 is 0 Å². The van der Waals surface area contributed by atoms with E-state index in [-0.39, 0.29) is 5.91 Å². The zero-order valence-electron chi connectivity index (χ0n) is 15.5. The van der Waals surface area contributed by atoms with Crippen molar-refractivity contribution in [2.75, 3.05) is 18.4 Å². The Hall–Kier alpha value is -2.60. The number of likely N-dealkylation sites (tertiary alicyclic amines) is 1. The summed E-state index contributed by atoms with van der Waals surface area (Å²) in [6, 6.07) is 7.75. The highest BCUT2D eigenvalue weighted by atomic mass is 35.5. The lowest BCUT2D eigenvalue weighted by Crippen LogP contribution is -2.47. The summed E-state index contributed by atoms with van der Waals surface area (Å²) in [5, 5.41) is 4.84. The van der Waals surface area contributed by atoms with E-state index in [9.17, 15) is 4.79 Å². The first-order valence-electron chi connectivity index (χ1n) is 9.82. The Bertz CT molecular complexity index is 1040. The smallest absolute Gasteiger partial charge is 0.248 e. The topological polar surface area (TPSA) is 73.9 Å². The second-order valence-corrected chi connectivity index (χ2v) is 8.11. The Morgan fingerprint density at radius 3 is 2.82 bits per heavy atom. The molecule has 0 atom stereocenters. The average molecular weight is 396 g/mol. The summed E-state index contributed by atoms with van der Waals surface area (Å²) in [5.74, 6) is 0.843. The third-order valence-electron chi connectivity index (χ3n) is 5.73. The van der Waals surface area contributed by atoms with Crippen LogP contribution in [0.4, 0.5) is 5.82 Å². The number of anilines is 1. The van der Waals surface area contributed by atoms with E-state index in [0.29, 0.717) is 11.0 Å². The van der Waals surface area contributed by atoms with Gasteiger partial charge in [0.2, 0.25) is 5.91 Å². The highest BCUT2D eigenvalue weighted by Crippen LogP contribution is 2.42. The summed E-state index contributed by atoms with van der Waals surface area (Å²) in [5.41, 5.74) is 2.28. The number of H-pyrrole nitrogens is 1. The van der Waals surface area contributed by atoms with E-state index in [2.05, 4.69) is 20.3 Å². The molecule has 2 aliphatic rings. The summed E-state index contributed by atoms with van der Waals surface area (Å²) in [4.78, 5) is 27.0. The minimum atomic E-state index is -0.520. The van der Waals surface area contributed by atoms with Gasteiger partial charge in [-0.3, -0.25) is 4.79 Å². The number of aromatic amines is 1. The predicted octanol–water partition coefficient (Wildman–Crippen LogP) is 4.24. The maximum Gasteiger partial charge on any atom is 0.248 e. The molecule has 1 aliphatic heterocycles. The quantitative estimate of drug-likeness (QED) is 0.648. The number of carbonyl (C=O) groups is 1. The zero-order valence-corrected chi connectivity index (χ0v) is 16.3. The van der Waals surface area contributed by atoms with Gasteiger partial charge in [0, 0.05) is 36.4 Å². The third kappa shape index (κ3) is 3.11. The number of rotatable bonds is 4. The molecule has 0 aromatic carbocycles. The van der Waals surface area contributed by atoms with Crippen LogP contribution in [0.2, 0.25) is 5.15 Å². The summed E-state index contributed by atoms with van der Waals surface area (Å²) >= 11 is 6.32. The molecule has 5 rings (SSSR count). The maximum absolute atomic E-state index is 13.0. The van der Waals surface area contributed by atoms with E-state index in [1.165, 1.54) is 6.42 Å². The van der Waals surface area contributed by atoms with Crippen LogP contribution in [0, 0.1) is 0 Å². The summed E-state index contributed by atoms with van der Waals surface area (Å²) < 4.78 is 0. The van der Waals surface area contributed by atoms with Crippen LogP contribution >= 0.6 is 11.6 Å². The Morgan fingerprint density at radius 2 is 2.04 bits per heavy atom. The van der Waals surface area contributed by atoms with Gasteiger partial charge in [-0.2, -0.15) is 0 Å². The predicted molar refractivity (Wildman–Crippen MR) is 110 cm³/mol. The van der Waals surface area contributed by atoms with E-state index < -0.39 is 5.54 Å². The number of pyridine rings is 2. The lowest BCUT2D eigenvalue weighted by molar-refractivity contribution is -0.133. The maximum atomic E-state index is 13.0. The SMILES string of the molecule is O=C(N1CCCCC1)C1(Nc2cc(-c3c[nH]c4ncccc34)cc(Cl)n2)CC1. The largest absolute Gasteiger partial charge is 0.356 e. The standard InChI is InChI=1S/C21H22ClN5O/c22-17-11-14(16-13-24-19-15(16)5-4-8-23-19)12-18(25-17)26-21(6-7-21)20(28)27-9-2-1-3-10-27/h4-5,8,11-13H,1-3,6-7,9-10H2,(H,23,24)(H,25,26). The van der Waals surface area contributed by atoms with Gasteiger partial charge in [0.25, 0.3) is 0 Å². The lowest BCUT2D eigenvalue weighted by atomic mass is 10.1. The molecule has 1 saturated carbocycles. The van der Waals surface area contributed by atoms with Crippen LogP contribution in [0.1, 0.15) is 32.1 Å². The van der Waals surface area contributed by atoms with Gasteiger partial charge in [0.1, 0.15) is 22.2 Å². The fourth-order valence-corrected chi connectivity index (χ4v) is 4.28. The highest BCUT2D eigenvalue weighted by molar-refractivity contribution is 6.29.